The Morgan fingerprint density at radius 2 is 2.28 bits per heavy atom. The van der Waals surface area contributed by atoms with Crippen LogP contribution in [0.15, 0.2) is 22.6 Å². The predicted octanol–water partition coefficient (Wildman–Crippen LogP) is 2.65. The number of hydrogen-bond donors (Lipinski definition) is 0. The molecule has 0 N–H and O–H groups in total. The van der Waals surface area contributed by atoms with Crippen LogP contribution in [0, 0.1) is 14.0 Å². The van der Waals surface area contributed by atoms with Gasteiger partial charge in [-0.05, 0) is 13.0 Å². The van der Waals surface area contributed by atoms with Crippen LogP contribution in [0.2, 0.25) is 0 Å². The molecular weight excluding hydrogens is 353 g/mol. The Bertz CT molecular complexity index is 584. The smallest absolute Gasteiger partial charge is 0.311 e. The second-order valence-electron chi connectivity index (χ2n) is 3.20. The highest BCUT2D eigenvalue weighted by Gasteiger charge is 2.22. The van der Waals surface area contributed by atoms with Crippen molar-refractivity contribution in [3.05, 3.63) is 32.2 Å². The lowest BCUT2D eigenvalue weighted by Crippen LogP contribution is -1.99. The maximum Gasteiger partial charge on any atom is 0.311 e. The lowest BCUT2D eigenvalue weighted by Gasteiger charge is -2.07. The first-order valence-electron chi connectivity index (χ1n) is 5.03. The molecule has 8 heteroatoms. The van der Waals surface area contributed by atoms with E-state index >= 15 is 0 Å². The Labute approximate surface area is 115 Å². The summed E-state index contributed by atoms with van der Waals surface area (Å²) < 4.78 is 10.9. The van der Waals surface area contributed by atoms with E-state index in [1.165, 1.54) is 6.07 Å². The molecule has 0 unspecified atom stereocenters. The van der Waals surface area contributed by atoms with Gasteiger partial charge in [-0.3, -0.25) is 10.1 Å². The van der Waals surface area contributed by atoms with Gasteiger partial charge in [-0.1, -0.05) is 6.07 Å². The first kappa shape index (κ1) is 12.7. The molecule has 0 fully saturated rings. The zero-order valence-electron chi connectivity index (χ0n) is 9.29. The third-order valence-corrected chi connectivity index (χ3v) is 2.55. The highest BCUT2D eigenvalue weighted by Crippen LogP contribution is 2.37. The van der Waals surface area contributed by atoms with Crippen LogP contribution in [-0.2, 0) is 0 Å². The molecule has 0 spiro atoms. The Balaban J connectivity index is 2.59. The minimum atomic E-state index is -0.504. The number of ether oxygens (including phenoxy) is 1. The van der Waals surface area contributed by atoms with Crippen molar-refractivity contribution < 1.29 is 14.1 Å². The van der Waals surface area contributed by atoms with Gasteiger partial charge in [-0.15, -0.1) is 10.2 Å². The molecule has 0 atom stereocenters. The monoisotopic (exact) mass is 361 g/mol. The fourth-order valence-corrected chi connectivity index (χ4v) is 1.76. The number of nitro groups is 1. The Hall–Kier alpha value is -1.71. The Morgan fingerprint density at radius 3 is 2.83 bits per heavy atom. The van der Waals surface area contributed by atoms with E-state index in [9.17, 15) is 10.1 Å². The van der Waals surface area contributed by atoms with Crippen molar-refractivity contribution in [1.82, 2.24) is 10.2 Å². The molecule has 0 saturated carbocycles. The van der Waals surface area contributed by atoms with E-state index in [4.69, 9.17) is 9.15 Å². The van der Waals surface area contributed by atoms with E-state index in [0.29, 0.717) is 16.1 Å². The van der Waals surface area contributed by atoms with Crippen LogP contribution < -0.4 is 4.74 Å². The average Bonchev–Trinajstić information content (AvgIpc) is 2.76. The van der Waals surface area contributed by atoms with Gasteiger partial charge in [0.25, 0.3) is 9.79 Å². The zero-order valence-corrected chi connectivity index (χ0v) is 11.4. The van der Waals surface area contributed by atoms with Crippen LogP contribution in [0.5, 0.6) is 5.75 Å². The highest BCUT2D eigenvalue weighted by molar-refractivity contribution is 14.1. The third-order valence-electron chi connectivity index (χ3n) is 2.11. The molecule has 0 saturated heterocycles. The second-order valence-corrected chi connectivity index (χ2v) is 4.13. The summed E-state index contributed by atoms with van der Waals surface area (Å²) in [6.07, 6.45) is 0. The molecule has 1 aromatic heterocycles. The van der Waals surface area contributed by atoms with E-state index in [0.717, 1.165) is 0 Å². The maximum atomic E-state index is 10.9. The average molecular weight is 361 g/mol. The fraction of sp³-hybridized carbons (Fsp3) is 0.200. The van der Waals surface area contributed by atoms with Crippen molar-refractivity contribution in [2.45, 2.75) is 6.92 Å². The molecule has 0 aliphatic heterocycles. The lowest BCUT2D eigenvalue weighted by molar-refractivity contribution is -0.385. The van der Waals surface area contributed by atoms with Crippen LogP contribution in [-0.4, -0.2) is 21.7 Å². The van der Waals surface area contributed by atoms with Crippen LogP contribution in [0.1, 0.15) is 6.92 Å². The van der Waals surface area contributed by atoms with Gasteiger partial charge in [-0.2, -0.15) is 0 Å². The summed E-state index contributed by atoms with van der Waals surface area (Å²) in [6.45, 7) is 2.06. The summed E-state index contributed by atoms with van der Waals surface area (Å²) in [5.41, 5.74) is 0.295. The van der Waals surface area contributed by atoms with E-state index < -0.39 is 4.92 Å². The standard InChI is InChI=1S/C10H8IN3O4/c1-2-17-8-6(9-12-13-10(11)18-9)4-3-5-7(8)14(15)16/h3-5H,2H2,1H3. The van der Waals surface area contributed by atoms with Crippen molar-refractivity contribution in [3.63, 3.8) is 0 Å². The number of benzene rings is 1. The zero-order chi connectivity index (χ0) is 13.1. The minimum absolute atomic E-state index is 0.123. The van der Waals surface area contributed by atoms with Crippen LogP contribution >= 0.6 is 22.6 Å². The number of nitro benzene ring substituents is 1. The largest absolute Gasteiger partial charge is 0.487 e. The van der Waals surface area contributed by atoms with Crippen molar-refractivity contribution in [1.29, 1.82) is 0 Å². The number of rotatable bonds is 4. The van der Waals surface area contributed by atoms with E-state index in [1.807, 2.05) is 22.6 Å². The van der Waals surface area contributed by atoms with Crippen molar-refractivity contribution in [3.8, 4) is 17.2 Å². The second kappa shape index (κ2) is 5.29. The highest BCUT2D eigenvalue weighted by atomic mass is 127. The minimum Gasteiger partial charge on any atom is -0.487 e. The molecule has 2 aromatic rings. The first-order valence-corrected chi connectivity index (χ1v) is 6.11. The molecule has 0 bridgehead atoms. The topological polar surface area (TPSA) is 91.3 Å². The van der Waals surface area contributed by atoms with E-state index in [1.54, 1.807) is 19.1 Å². The van der Waals surface area contributed by atoms with Gasteiger partial charge < -0.3 is 9.15 Å². The Kier molecular flexibility index (Phi) is 3.75. The molecule has 1 heterocycles. The SMILES string of the molecule is CCOc1c(-c2nnc(I)o2)cccc1[N+](=O)[O-]. The quantitative estimate of drug-likeness (QED) is 0.472. The molecule has 94 valence electrons. The molecule has 0 radical (unpaired) electrons. The summed E-state index contributed by atoms with van der Waals surface area (Å²) in [6, 6.07) is 4.56. The van der Waals surface area contributed by atoms with Crippen molar-refractivity contribution >= 4 is 28.3 Å². The molecular formula is C10H8IN3O4. The summed E-state index contributed by atoms with van der Waals surface area (Å²) >= 11 is 1.87. The fourth-order valence-electron chi connectivity index (χ4n) is 1.45. The third kappa shape index (κ3) is 2.42. The number of para-hydroxylation sites is 1. The van der Waals surface area contributed by atoms with E-state index in [-0.39, 0.29) is 17.3 Å². The van der Waals surface area contributed by atoms with Crippen molar-refractivity contribution in [2.24, 2.45) is 0 Å². The van der Waals surface area contributed by atoms with Crippen molar-refractivity contribution in [2.75, 3.05) is 6.61 Å². The lowest BCUT2D eigenvalue weighted by atomic mass is 10.1. The summed E-state index contributed by atoms with van der Waals surface area (Å²) in [5.74, 6) is 0.344. The predicted molar refractivity (Wildman–Crippen MR) is 70.3 cm³/mol. The molecule has 0 amide bonds. The van der Waals surface area contributed by atoms with Gasteiger partial charge in [0.15, 0.2) is 0 Å². The van der Waals surface area contributed by atoms with Gasteiger partial charge in [0, 0.05) is 28.7 Å². The van der Waals surface area contributed by atoms with Gasteiger partial charge in [0.2, 0.25) is 5.75 Å². The molecule has 0 aliphatic rings. The normalized spacial score (nSPS) is 10.3. The Morgan fingerprint density at radius 1 is 1.50 bits per heavy atom. The van der Waals surface area contributed by atoms with Gasteiger partial charge in [0.1, 0.15) is 0 Å². The molecule has 7 nitrogen and oxygen atoms in total. The number of hydrogen-bond acceptors (Lipinski definition) is 6. The summed E-state index contributed by atoms with van der Waals surface area (Å²) in [7, 11) is 0. The molecule has 1 aromatic carbocycles. The summed E-state index contributed by atoms with van der Waals surface area (Å²) in [4.78, 5) is 10.4. The number of halogens is 1. The summed E-state index contributed by atoms with van der Waals surface area (Å²) in [5, 5.41) is 18.5. The van der Waals surface area contributed by atoms with Gasteiger partial charge in [0.05, 0.1) is 17.1 Å². The first-order chi connectivity index (χ1) is 8.63. The molecule has 0 aliphatic carbocycles. The number of nitrogens with zero attached hydrogens (tertiary/aromatic N) is 3. The molecule has 2 rings (SSSR count). The number of aromatic nitrogens is 2. The van der Waals surface area contributed by atoms with Crippen LogP contribution in [0.3, 0.4) is 0 Å². The van der Waals surface area contributed by atoms with Crippen LogP contribution in [0.4, 0.5) is 5.69 Å². The van der Waals surface area contributed by atoms with Crippen LogP contribution in [0.25, 0.3) is 11.5 Å². The van der Waals surface area contributed by atoms with E-state index in [2.05, 4.69) is 10.2 Å². The maximum absolute atomic E-state index is 10.9. The molecule has 18 heavy (non-hydrogen) atoms. The van der Waals surface area contributed by atoms with Gasteiger partial charge in [-0.25, -0.2) is 0 Å². The van der Waals surface area contributed by atoms with Gasteiger partial charge >= 0.3 is 5.69 Å².